The summed E-state index contributed by atoms with van der Waals surface area (Å²) < 4.78 is 4.78. The van der Waals surface area contributed by atoms with E-state index >= 15 is 0 Å². The quantitative estimate of drug-likeness (QED) is 0.770. The molecular formula is C19H18Cl2N2O3. The van der Waals surface area contributed by atoms with Gasteiger partial charge in [0, 0.05) is 18.1 Å². The molecule has 5 nitrogen and oxygen atoms in total. The van der Waals surface area contributed by atoms with E-state index in [2.05, 4.69) is 10.2 Å². The molecule has 1 N–H and O–H groups in total. The summed E-state index contributed by atoms with van der Waals surface area (Å²) in [6, 6.07) is 9.85. The molecule has 0 saturated carbocycles. The zero-order valence-electron chi connectivity index (χ0n) is 14.2. The highest BCUT2D eigenvalue weighted by Gasteiger charge is 2.20. The Balaban J connectivity index is 1.95. The van der Waals surface area contributed by atoms with Crippen molar-refractivity contribution in [2.24, 2.45) is 0 Å². The molecule has 2 aromatic carbocycles. The summed E-state index contributed by atoms with van der Waals surface area (Å²) in [5, 5.41) is 3.59. The Morgan fingerprint density at radius 3 is 2.46 bits per heavy atom. The normalized spacial score (nSPS) is 13.6. The van der Waals surface area contributed by atoms with E-state index in [0.717, 1.165) is 31.6 Å². The third-order valence-electron chi connectivity index (χ3n) is 4.29. The van der Waals surface area contributed by atoms with Gasteiger partial charge in [-0.1, -0.05) is 23.2 Å². The van der Waals surface area contributed by atoms with Crippen molar-refractivity contribution >= 4 is 46.5 Å². The topological polar surface area (TPSA) is 58.6 Å². The van der Waals surface area contributed by atoms with Crippen LogP contribution in [-0.2, 0) is 4.74 Å². The molecule has 136 valence electrons. The minimum Gasteiger partial charge on any atom is -0.465 e. The average Bonchev–Trinajstić information content (AvgIpc) is 3.15. The molecule has 0 atom stereocenters. The van der Waals surface area contributed by atoms with Crippen molar-refractivity contribution in [2.45, 2.75) is 12.8 Å². The number of methoxy groups -OCH3 is 1. The van der Waals surface area contributed by atoms with E-state index < -0.39 is 5.97 Å². The maximum Gasteiger partial charge on any atom is 0.337 e. The number of nitrogens with zero attached hydrogens (tertiary/aromatic N) is 1. The summed E-state index contributed by atoms with van der Waals surface area (Å²) in [7, 11) is 1.32. The van der Waals surface area contributed by atoms with Gasteiger partial charge in [0.05, 0.1) is 34.6 Å². The molecular weight excluding hydrogens is 375 g/mol. The highest BCUT2D eigenvalue weighted by molar-refractivity contribution is 6.37. The van der Waals surface area contributed by atoms with Gasteiger partial charge in [0.25, 0.3) is 5.91 Å². The maximum atomic E-state index is 12.7. The number of hydrogen-bond donors (Lipinski definition) is 1. The Hall–Kier alpha value is -2.24. The summed E-state index contributed by atoms with van der Waals surface area (Å²) in [4.78, 5) is 26.7. The SMILES string of the molecule is COC(=O)c1ccc(N2CCCC2)c(NC(=O)c2ccc(Cl)cc2Cl)c1. The van der Waals surface area contributed by atoms with E-state index in [4.69, 9.17) is 27.9 Å². The van der Waals surface area contributed by atoms with Crippen LogP contribution in [0, 0.1) is 0 Å². The van der Waals surface area contributed by atoms with Crippen molar-refractivity contribution in [3.8, 4) is 0 Å². The highest BCUT2D eigenvalue weighted by atomic mass is 35.5. The van der Waals surface area contributed by atoms with E-state index in [9.17, 15) is 9.59 Å². The van der Waals surface area contributed by atoms with Crippen LogP contribution in [0.3, 0.4) is 0 Å². The third-order valence-corrected chi connectivity index (χ3v) is 4.84. The van der Waals surface area contributed by atoms with Gasteiger partial charge in [-0.05, 0) is 49.2 Å². The van der Waals surface area contributed by atoms with Crippen LogP contribution >= 0.6 is 23.2 Å². The second-order valence-electron chi connectivity index (χ2n) is 6.00. The van der Waals surface area contributed by atoms with Crippen molar-refractivity contribution in [1.82, 2.24) is 0 Å². The van der Waals surface area contributed by atoms with E-state index in [-0.39, 0.29) is 10.9 Å². The molecule has 0 unspecified atom stereocenters. The molecule has 1 heterocycles. The molecule has 1 saturated heterocycles. The van der Waals surface area contributed by atoms with Crippen LogP contribution in [0.15, 0.2) is 36.4 Å². The van der Waals surface area contributed by atoms with Crippen molar-refractivity contribution in [3.63, 3.8) is 0 Å². The predicted octanol–water partition coefficient (Wildman–Crippen LogP) is 4.63. The van der Waals surface area contributed by atoms with Gasteiger partial charge in [0.15, 0.2) is 0 Å². The third kappa shape index (κ3) is 3.94. The first kappa shape index (κ1) is 18.5. The van der Waals surface area contributed by atoms with E-state index in [1.54, 1.807) is 24.3 Å². The lowest BCUT2D eigenvalue weighted by Gasteiger charge is -2.22. The minimum absolute atomic E-state index is 0.266. The van der Waals surface area contributed by atoms with Crippen molar-refractivity contribution in [1.29, 1.82) is 0 Å². The second-order valence-corrected chi connectivity index (χ2v) is 6.84. The molecule has 1 fully saturated rings. The van der Waals surface area contributed by atoms with Crippen LogP contribution in [0.5, 0.6) is 0 Å². The number of ether oxygens (including phenoxy) is 1. The van der Waals surface area contributed by atoms with Crippen molar-refractivity contribution in [3.05, 3.63) is 57.6 Å². The van der Waals surface area contributed by atoms with Crippen LogP contribution in [0.4, 0.5) is 11.4 Å². The standard InChI is InChI=1S/C19H18Cl2N2O3/c1-26-19(25)12-4-7-17(23-8-2-3-9-23)16(10-12)22-18(24)14-6-5-13(20)11-15(14)21/h4-7,10-11H,2-3,8-9H2,1H3,(H,22,24). The lowest BCUT2D eigenvalue weighted by atomic mass is 10.1. The number of amides is 1. The molecule has 3 rings (SSSR count). The number of carbonyl (C=O) groups is 2. The average molecular weight is 393 g/mol. The largest absolute Gasteiger partial charge is 0.465 e. The van der Waals surface area contributed by atoms with Crippen LogP contribution in [0.25, 0.3) is 0 Å². The van der Waals surface area contributed by atoms with Gasteiger partial charge in [0.2, 0.25) is 0 Å². The second kappa shape index (κ2) is 7.98. The number of halogens is 2. The Morgan fingerprint density at radius 2 is 1.81 bits per heavy atom. The summed E-state index contributed by atoms with van der Waals surface area (Å²) in [6.45, 7) is 1.81. The molecule has 1 aliphatic rings. The van der Waals surface area contributed by atoms with Crippen LogP contribution in [0.2, 0.25) is 10.0 Å². The molecule has 0 spiro atoms. The number of benzene rings is 2. The van der Waals surface area contributed by atoms with Gasteiger partial charge in [-0.25, -0.2) is 4.79 Å². The van der Waals surface area contributed by atoms with E-state index in [0.29, 0.717) is 21.8 Å². The highest BCUT2D eigenvalue weighted by Crippen LogP contribution is 2.31. The van der Waals surface area contributed by atoms with E-state index in [1.807, 2.05) is 6.07 Å². The fraction of sp³-hybridized carbons (Fsp3) is 0.263. The summed E-state index contributed by atoms with van der Waals surface area (Å²) in [6.07, 6.45) is 2.18. The minimum atomic E-state index is -0.460. The summed E-state index contributed by atoms with van der Waals surface area (Å²) >= 11 is 12.0. The van der Waals surface area contributed by atoms with Crippen LogP contribution < -0.4 is 10.2 Å². The first-order chi connectivity index (χ1) is 12.5. The zero-order chi connectivity index (χ0) is 18.7. The molecule has 0 bridgehead atoms. The maximum absolute atomic E-state index is 12.7. The predicted molar refractivity (Wildman–Crippen MR) is 104 cm³/mol. The Labute approximate surface area is 161 Å². The molecule has 0 aromatic heterocycles. The molecule has 0 radical (unpaired) electrons. The Kier molecular flexibility index (Phi) is 5.69. The number of rotatable bonds is 4. The molecule has 7 heteroatoms. The fourth-order valence-electron chi connectivity index (χ4n) is 2.98. The van der Waals surface area contributed by atoms with Crippen molar-refractivity contribution < 1.29 is 14.3 Å². The molecule has 26 heavy (non-hydrogen) atoms. The number of anilines is 2. The molecule has 2 aromatic rings. The van der Waals surface area contributed by atoms with Gasteiger partial charge in [-0.2, -0.15) is 0 Å². The van der Waals surface area contributed by atoms with Gasteiger partial charge in [0.1, 0.15) is 0 Å². The molecule has 0 aliphatic carbocycles. The molecule has 1 amide bonds. The van der Waals surface area contributed by atoms with Crippen molar-refractivity contribution in [2.75, 3.05) is 30.4 Å². The fourth-order valence-corrected chi connectivity index (χ4v) is 3.47. The lowest BCUT2D eigenvalue weighted by molar-refractivity contribution is 0.0600. The number of esters is 1. The van der Waals surface area contributed by atoms with Crippen LogP contribution in [-0.4, -0.2) is 32.1 Å². The van der Waals surface area contributed by atoms with Crippen LogP contribution in [0.1, 0.15) is 33.6 Å². The molecule has 1 aliphatic heterocycles. The Morgan fingerprint density at radius 1 is 1.08 bits per heavy atom. The monoisotopic (exact) mass is 392 g/mol. The number of hydrogen-bond acceptors (Lipinski definition) is 4. The van der Waals surface area contributed by atoms with Gasteiger partial charge in [-0.15, -0.1) is 0 Å². The Bertz CT molecular complexity index is 849. The zero-order valence-corrected chi connectivity index (χ0v) is 15.7. The number of carbonyl (C=O) groups excluding carboxylic acids is 2. The first-order valence-corrected chi connectivity index (χ1v) is 8.99. The van der Waals surface area contributed by atoms with E-state index in [1.165, 1.54) is 13.2 Å². The smallest absolute Gasteiger partial charge is 0.337 e. The first-order valence-electron chi connectivity index (χ1n) is 8.23. The van der Waals surface area contributed by atoms with Gasteiger partial charge in [-0.3, -0.25) is 4.79 Å². The summed E-state index contributed by atoms with van der Waals surface area (Å²) in [5.74, 6) is -0.827. The van der Waals surface area contributed by atoms with Gasteiger partial charge >= 0.3 is 5.97 Å². The summed E-state index contributed by atoms with van der Waals surface area (Å²) in [5.41, 5.74) is 2.10. The number of nitrogens with one attached hydrogen (secondary N) is 1. The van der Waals surface area contributed by atoms with Gasteiger partial charge < -0.3 is 15.0 Å². The lowest BCUT2D eigenvalue weighted by Crippen LogP contribution is -2.22.